The Morgan fingerprint density at radius 3 is 2.50 bits per heavy atom. The van der Waals surface area contributed by atoms with Crippen molar-refractivity contribution in [1.82, 2.24) is 15.6 Å². The third-order valence-corrected chi connectivity index (χ3v) is 4.47. The summed E-state index contributed by atoms with van der Waals surface area (Å²) < 4.78 is 0. The lowest BCUT2D eigenvalue weighted by molar-refractivity contribution is -0.385. The molecule has 32 heavy (non-hydrogen) atoms. The van der Waals surface area contributed by atoms with E-state index in [1.807, 2.05) is 18.2 Å². The fourth-order valence-corrected chi connectivity index (χ4v) is 2.97. The number of nitro groups is 1. The van der Waals surface area contributed by atoms with Crippen molar-refractivity contribution in [2.24, 2.45) is 0 Å². The Balaban J connectivity index is 1.77. The lowest BCUT2D eigenvalue weighted by Gasteiger charge is -2.17. The summed E-state index contributed by atoms with van der Waals surface area (Å²) in [5, 5.41) is 28.4. The van der Waals surface area contributed by atoms with Gasteiger partial charge in [0.15, 0.2) is 0 Å². The summed E-state index contributed by atoms with van der Waals surface area (Å²) >= 11 is 0. The number of carboxylic acids is 1. The monoisotopic (exact) mass is 443 g/mol. The number of amides is 2. The van der Waals surface area contributed by atoms with Crippen LogP contribution < -0.4 is 16.0 Å². The van der Waals surface area contributed by atoms with Crippen LogP contribution >= 0.6 is 0 Å². The van der Waals surface area contributed by atoms with Gasteiger partial charge < -0.3 is 21.1 Å². The van der Waals surface area contributed by atoms with Crippen molar-refractivity contribution in [2.45, 2.75) is 31.7 Å². The molecule has 0 spiro atoms. The minimum atomic E-state index is -1.23. The summed E-state index contributed by atoms with van der Waals surface area (Å²) in [5.74, 6) is -1.43. The molecule has 11 nitrogen and oxygen atoms in total. The van der Waals surface area contributed by atoms with Crippen LogP contribution in [0.2, 0.25) is 0 Å². The number of nitrogens with zero attached hydrogens (tertiary/aromatic N) is 2. The zero-order valence-electron chi connectivity index (χ0n) is 17.3. The molecule has 1 unspecified atom stereocenters. The minimum Gasteiger partial charge on any atom is -0.481 e. The van der Waals surface area contributed by atoms with E-state index in [9.17, 15) is 24.5 Å². The maximum absolute atomic E-state index is 12.2. The van der Waals surface area contributed by atoms with Crippen molar-refractivity contribution in [2.75, 3.05) is 18.4 Å². The van der Waals surface area contributed by atoms with Gasteiger partial charge in [-0.2, -0.15) is 0 Å². The van der Waals surface area contributed by atoms with Gasteiger partial charge in [-0.15, -0.1) is 0 Å². The average molecular weight is 443 g/mol. The minimum absolute atomic E-state index is 0.0833. The predicted octanol–water partition coefficient (Wildman–Crippen LogP) is 2.02. The number of benzene rings is 1. The quantitative estimate of drug-likeness (QED) is 0.207. The second-order valence-corrected chi connectivity index (χ2v) is 6.91. The number of rotatable bonds is 13. The lowest BCUT2D eigenvalue weighted by Crippen LogP contribution is -2.39. The Bertz CT molecular complexity index is 937. The standard InChI is InChI=1S/C21H25N5O6/c27-19(10-4-6-12-23-18-9-3-5-11-22-18)24-14-20(28)25-16(13-21(29)30)15-7-1-2-8-17(15)26(31)32/h1-3,5,7-9,11,16H,4,6,10,12-14H2,(H,22,23)(H,24,27)(H,25,28)(H,29,30). The van der Waals surface area contributed by atoms with Gasteiger partial charge in [0, 0.05) is 25.2 Å². The van der Waals surface area contributed by atoms with E-state index in [0.717, 1.165) is 12.2 Å². The normalized spacial score (nSPS) is 11.2. The van der Waals surface area contributed by atoms with Gasteiger partial charge >= 0.3 is 5.97 Å². The van der Waals surface area contributed by atoms with Gasteiger partial charge in [0.2, 0.25) is 11.8 Å². The maximum atomic E-state index is 12.2. The fourth-order valence-electron chi connectivity index (χ4n) is 2.97. The number of aliphatic carboxylic acids is 1. The molecule has 2 aromatic rings. The van der Waals surface area contributed by atoms with Crippen LogP contribution in [-0.4, -0.2) is 45.9 Å². The predicted molar refractivity (Wildman–Crippen MR) is 116 cm³/mol. The van der Waals surface area contributed by atoms with Crippen LogP contribution in [-0.2, 0) is 14.4 Å². The Kier molecular flexibility index (Phi) is 9.57. The zero-order chi connectivity index (χ0) is 23.3. The van der Waals surface area contributed by atoms with Gasteiger partial charge in [0.05, 0.1) is 29.5 Å². The number of carboxylic acid groups (broad SMARTS) is 1. The van der Waals surface area contributed by atoms with Gasteiger partial charge in [-0.1, -0.05) is 24.3 Å². The van der Waals surface area contributed by atoms with E-state index < -0.39 is 29.3 Å². The first-order valence-electron chi connectivity index (χ1n) is 10.0. The SMILES string of the molecule is O=C(O)CC(NC(=O)CNC(=O)CCCCNc1ccccn1)c1ccccc1[N+](=O)[O-]. The van der Waals surface area contributed by atoms with Gasteiger partial charge in [-0.25, -0.2) is 4.98 Å². The van der Waals surface area contributed by atoms with E-state index in [4.69, 9.17) is 5.11 Å². The topological polar surface area (TPSA) is 164 Å². The Morgan fingerprint density at radius 2 is 1.81 bits per heavy atom. The highest BCUT2D eigenvalue weighted by molar-refractivity contribution is 5.85. The van der Waals surface area contributed by atoms with Crippen LogP contribution in [0.15, 0.2) is 48.7 Å². The van der Waals surface area contributed by atoms with Crippen molar-refractivity contribution >= 4 is 29.3 Å². The summed E-state index contributed by atoms with van der Waals surface area (Å²) in [5.41, 5.74) is -0.206. The van der Waals surface area contributed by atoms with Crippen LogP contribution in [0.4, 0.5) is 11.5 Å². The summed E-state index contributed by atoms with van der Waals surface area (Å²) in [6.07, 6.45) is 2.70. The molecule has 2 amide bonds. The summed E-state index contributed by atoms with van der Waals surface area (Å²) in [4.78, 5) is 50.1. The van der Waals surface area contributed by atoms with Crippen LogP contribution in [0.5, 0.6) is 0 Å². The molecule has 0 aliphatic carbocycles. The molecule has 1 aromatic carbocycles. The number of nitro benzene ring substituents is 1. The highest BCUT2D eigenvalue weighted by Gasteiger charge is 2.25. The van der Waals surface area contributed by atoms with Gasteiger partial charge in [0.1, 0.15) is 5.82 Å². The Morgan fingerprint density at radius 1 is 1.06 bits per heavy atom. The summed E-state index contributed by atoms with van der Waals surface area (Å²) in [6, 6.07) is 10.0. The number of pyridine rings is 1. The van der Waals surface area contributed by atoms with Gasteiger partial charge in [-0.3, -0.25) is 24.5 Å². The Labute approximate surface area is 184 Å². The number of nitrogens with one attached hydrogen (secondary N) is 3. The molecule has 0 saturated heterocycles. The van der Waals surface area contributed by atoms with Crippen LogP contribution in [0.3, 0.4) is 0 Å². The summed E-state index contributed by atoms with van der Waals surface area (Å²) in [6.45, 7) is 0.291. The van der Waals surface area contributed by atoms with E-state index in [-0.39, 0.29) is 30.1 Å². The second-order valence-electron chi connectivity index (χ2n) is 6.91. The maximum Gasteiger partial charge on any atom is 0.305 e. The van der Waals surface area contributed by atoms with E-state index in [1.54, 1.807) is 6.20 Å². The van der Waals surface area contributed by atoms with Crippen LogP contribution in [0.1, 0.15) is 37.3 Å². The van der Waals surface area contributed by atoms with Crippen molar-refractivity contribution < 1.29 is 24.4 Å². The lowest BCUT2D eigenvalue weighted by atomic mass is 10.0. The molecule has 0 aliphatic rings. The number of hydrogen-bond donors (Lipinski definition) is 4. The van der Waals surface area contributed by atoms with Crippen LogP contribution in [0, 0.1) is 10.1 Å². The van der Waals surface area contributed by atoms with E-state index in [2.05, 4.69) is 20.9 Å². The smallest absolute Gasteiger partial charge is 0.305 e. The first kappa shape index (κ1) is 24.3. The number of aromatic nitrogens is 1. The second kappa shape index (κ2) is 12.6. The molecule has 4 N–H and O–H groups in total. The molecule has 11 heteroatoms. The molecule has 1 heterocycles. The molecular weight excluding hydrogens is 418 g/mol. The molecule has 0 fully saturated rings. The first-order valence-corrected chi connectivity index (χ1v) is 10.0. The molecule has 0 radical (unpaired) electrons. The van der Waals surface area contributed by atoms with Gasteiger partial charge in [0.25, 0.3) is 5.69 Å². The third-order valence-electron chi connectivity index (χ3n) is 4.47. The number of hydrogen-bond acceptors (Lipinski definition) is 7. The average Bonchev–Trinajstić information content (AvgIpc) is 2.77. The molecule has 2 rings (SSSR count). The number of para-hydroxylation sites is 1. The molecule has 0 saturated carbocycles. The van der Waals surface area contributed by atoms with Crippen LogP contribution in [0.25, 0.3) is 0 Å². The molecule has 0 aliphatic heterocycles. The molecule has 170 valence electrons. The van der Waals surface area contributed by atoms with E-state index >= 15 is 0 Å². The zero-order valence-corrected chi connectivity index (χ0v) is 17.3. The largest absolute Gasteiger partial charge is 0.481 e. The third kappa shape index (κ3) is 8.38. The van der Waals surface area contributed by atoms with Crippen molar-refractivity contribution in [3.8, 4) is 0 Å². The van der Waals surface area contributed by atoms with E-state index in [1.165, 1.54) is 24.3 Å². The number of unbranched alkanes of at least 4 members (excludes halogenated alkanes) is 1. The summed E-state index contributed by atoms with van der Waals surface area (Å²) in [7, 11) is 0. The van der Waals surface area contributed by atoms with Crippen molar-refractivity contribution in [3.63, 3.8) is 0 Å². The fraction of sp³-hybridized carbons (Fsp3) is 0.333. The van der Waals surface area contributed by atoms with Gasteiger partial charge in [-0.05, 0) is 25.0 Å². The molecular formula is C21H25N5O6. The highest BCUT2D eigenvalue weighted by Crippen LogP contribution is 2.27. The number of carbonyl (C=O) groups excluding carboxylic acids is 2. The number of carbonyl (C=O) groups is 3. The van der Waals surface area contributed by atoms with Crippen molar-refractivity contribution in [1.29, 1.82) is 0 Å². The van der Waals surface area contributed by atoms with Crippen molar-refractivity contribution in [3.05, 3.63) is 64.3 Å². The Hall–Kier alpha value is -4.02. The number of anilines is 1. The van der Waals surface area contributed by atoms with E-state index in [0.29, 0.717) is 13.0 Å². The first-order chi connectivity index (χ1) is 15.4. The molecule has 1 atom stereocenters. The molecule has 1 aromatic heterocycles. The molecule has 0 bridgehead atoms. The highest BCUT2D eigenvalue weighted by atomic mass is 16.6.